The van der Waals surface area contributed by atoms with Gasteiger partial charge >= 0.3 is 19.8 Å². The molecule has 56 heavy (non-hydrogen) atoms. The molecule has 0 radical (unpaired) electrons. The van der Waals surface area contributed by atoms with Gasteiger partial charge in [-0.3, -0.25) is 18.6 Å². The summed E-state index contributed by atoms with van der Waals surface area (Å²) in [6.45, 7) is 2.97. The van der Waals surface area contributed by atoms with E-state index in [0.29, 0.717) is 12.8 Å². The molecule has 1 aliphatic carbocycles. The summed E-state index contributed by atoms with van der Waals surface area (Å²) in [5, 5.41) is 50.0. The van der Waals surface area contributed by atoms with Gasteiger partial charge in [0.25, 0.3) is 0 Å². The van der Waals surface area contributed by atoms with Crippen LogP contribution in [0.3, 0.4) is 0 Å². The van der Waals surface area contributed by atoms with Crippen molar-refractivity contribution in [2.24, 2.45) is 0 Å². The summed E-state index contributed by atoms with van der Waals surface area (Å²) in [7, 11) is -5.13. The molecular formula is C42H69O13P. The zero-order valence-electron chi connectivity index (χ0n) is 33.4. The van der Waals surface area contributed by atoms with Crippen molar-refractivity contribution in [2.45, 2.75) is 166 Å². The highest BCUT2D eigenvalue weighted by molar-refractivity contribution is 7.47. The predicted octanol–water partition coefficient (Wildman–Crippen LogP) is 6.77. The Kier molecular flexibility index (Phi) is 29.6. The molecule has 7 unspecified atom stereocenters. The second kappa shape index (κ2) is 32.3. The first-order valence-corrected chi connectivity index (χ1v) is 21.8. The van der Waals surface area contributed by atoms with Gasteiger partial charge in [-0.2, -0.15) is 0 Å². The number of aliphatic hydroxyl groups is 5. The molecule has 0 spiro atoms. The fourth-order valence-corrected chi connectivity index (χ4v) is 6.57. The van der Waals surface area contributed by atoms with E-state index in [2.05, 4.69) is 62.5 Å². The molecule has 320 valence electrons. The summed E-state index contributed by atoms with van der Waals surface area (Å²) < 4.78 is 33.3. The topological polar surface area (TPSA) is 210 Å². The predicted molar refractivity (Wildman–Crippen MR) is 216 cm³/mol. The Morgan fingerprint density at radius 2 is 1.05 bits per heavy atom. The quantitative estimate of drug-likeness (QED) is 0.0141. The number of hydrogen-bond donors (Lipinski definition) is 6. The van der Waals surface area contributed by atoms with Crippen molar-refractivity contribution in [3.8, 4) is 0 Å². The first kappa shape index (κ1) is 51.3. The Labute approximate surface area is 334 Å². The van der Waals surface area contributed by atoms with Crippen molar-refractivity contribution >= 4 is 19.8 Å². The molecule has 8 atom stereocenters. The number of phosphoric ester groups is 1. The average Bonchev–Trinajstić information content (AvgIpc) is 3.18. The van der Waals surface area contributed by atoms with Crippen LogP contribution >= 0.6 is 7.82 Å². The lowest BCUT2D eigenvalue weighted by molar-refractivity contribution is -0.220. The molecule has 0 aromatic rings. The largest absolute Gasteiger partial charge is 0.472 e. The molecule has 14 heteroatoms. The maximum Gasteiger partial charge on any atom is 0.472 e. The summed E-state index contributed by atoms with van der Waals surface area (Å²) in [6, 6.07) is 0. The third kappa shape index (κ3) is 24.8. The fraction of sp³-hybridized carbons (Fsp3) is 0.667. The molecule has 1 aliphatic rings. The van der Waals surface area contributed by atoms with Crippen LogP contribution in [0.5, 0.6) is 0 Å². The van der Waals surface area contributed by atoms with E-state index < -0.39 is 75.7 Å². The Morgan fingerprint density at radius 1 is 0.571 bits per heavy atom. The summed E-state index contributed by atoms with van der Waals surface area (Å²) in [5.74, 6) is -1.16. The van der Waals surface area contributed by atoms with Crippen molar-refractivity contribution in [1.82, 2.24) is 0 Å². The van der Waals surface area contributed by atoms with E-state index in [1.54, 1.807) is 0 Å². The van der Waals surface area contributed by atoms with E-state index in [-0.39, 0.29) is 12.8 Å². The van der Waals surface area contributed by atoms with Crippen molar-refractivity contribution in [1.29, 1.82) is 0 Å². The smallest absolute Gasteiger partial charge is 0.462 e. The van der Waals surface area contributed by atoms with Crippen LogP contribution in [0.15, 0.2) is 72.9 Å². The normalized spacial score (nSPS) is 23.6. The highest BCUT2D eigenvalue weighted by Gasteiger charge is 2.51. The maximum atomic E-state index is 12.8. The molecule has 6 N–H and O–H groups in total. The third-order valence-corrected chi connectivity index (χ3v) is 9.84. The highest BCUT2D eigenvalue weighted by atomic mass is 31.2. The van der Waals surface area contributed by atoms with Gasteiger partial charge in [0, 0.05) is 12.8 Å². The number of allylic oxidation sites excluding steroid dienone is 12. The second-order valence-corrected chi connectivity index (χ2v) is 15.2. The summed E-state index contributed by atoms with van der Waals surface area (Å²) in [6.07, 6.45) is 25.4. The minimum Gasteiger partial charge on any atom is -0.462 e. The van der Waals surface area contributed by atoms with Gasteiger partial charge in [-0.15, -0.1) is 0 Å². The van der Waals surface area contributed by atoms with Crippen molar-refractivity contribution in [3.63, 3.8) is 0 Å². The molecule has 0 heterocycles. The van der Waals surface area contributed by atoms with E-state index in [4.69, 9.17) is 18.5 Å². The Morgan fingerprint density at radius 3 is 1.66 bits per heavy atom. The first-order chi connectivity index (χ1) is 26.9. The SMILES string of the molecule is CC/C=C/C=C/C=C/CCCCCCCC(=O)OC(COC(=O)CCCCCC/C=C/C/C=C/C/C=C/CC)COP(=O)(O)OC1C(O)C(O)C(O)[C@H](O)C1O. The van der Waals surface area contributed by atoms with Crippen molar-refractivity contribution in [3.05, 3.63) is 72.9 Å². The molecule has 1 fully saturated rings. The van der Waals surface area contributed by atoms with Crippen LogP contribution in [0.4, 0.5) is 0 Å². The molecule has 0 aromatic heterocycles. The lowest BCUT2D eigenvalue weighted by Gasteiger charge is -2.41. The number of carbonyl (C=O) groups is 2. The van der Waals surface area contributed by atoms with Gasteiger partial charge in [0.05, 0.1) is 6.61 Å². The number of aliphatic hydroxyl groups excluding tert-OH is 5. The molecule has 0 bridgehead atoms. The number of carbonyl (C=O) groups excluding carboxylic acids is 2. The van der Waals surface area contributed by atoms with Crippen LogP contribution in [0.1, 0.15) is 123 Å². The van der Waals surface area contributed by atoms with Crippen LogP contribution in [0.25, 0.3) is 0 Å². The standard InChI is InChI=1S/C42H69O13P/c1-3-5-7-9-11-13-15-17-19-20-22-24-26-28-30-35(43)52-32-34(33-53-56(50,51)55-42-40(48)38(46)37(45)39(47)41(42)49)54-36(44)31-29-27-25-23-21-18-16-14-12-10-8-6-4-2/h5-8,10-14,16-17,19,34,37-42,45-49H,3-4,9,15,18,20-33H2,1-2H3,(H,50,51)/b7-5+,8-6+,12-10+,13-11+,16-14+,19-17+/t34?,37?,38-,39?,40?,41?,42?/m0/s1. The minimum absolute atomic E-state index is 0.0643. The third-order valence-electron chi connectivity index (χ3n) is 8.85. The summed E-state index contributed by atoms with van der Waals surface area (Å²) >= 11 is 0. The number of rotatable bonds is 31. The number of phosphoric acid groups is 1. The van der Waals surface area contributed by atoms with Gasteiger partial charge in [-0.05, 0) is 64.2 Å². The molecule has 0 aromatic carbocycles. The Hall–Kier alpha value is -2.71. The maximum absolute atomic E-state index is 12.8. The molecule has 0 aliphatic heterocycles. The number of ether oxygens (including phenoxy) is 2. The Bertz CT molecular complexity index is 1260. The van der Waals surface area contributed by atoms with Gasteiger partial charge < -0.3 is 39.9 Å². The van der Waals surface area contributed by atoms with Gasteiger partial charge in [-0.25, -0.2) is 4.57 Å². The van der Waals surface area contributed by atoms with Crippen molar-refractivity contribution < 1.29 is 63.1 Å². The highest BCUT2D eigenvalue weighted by Crippen LogP contribution is 2.47. The van der Waals surface area contributed by atoms with Crippen LogP contribution < -0.4 is 0 Å². The fourth-order valence-electron chi connectivity index (χ4n) is 5.59. The molecule has 13 nitrogen and oxygen atoms in total. The zero-order chi connectivity index (χ0) is 41.4. The molecule has 0 amide bonds. The van der Waals surface area contributed by atoms with Crippen LogP contribution in [0.2, 0.25) is 0 Å². The van der Waals surface area contributed by atoms with Gasteiger partial charge in [0.1, 0.15) is 43.2 Å². The monoisotopic (exact) mass is 812 g/mol. The lowest BCUT2D eigenvalue weighted by Crippen LogP contribution is -2.64. The van der Waals surface area contributed by atoms with E-state index in [1.807, 2.05) is 24.3 Å². The Balaban J connectivity index is 2.56. The van der Waals surface area contributed by atoms with E-state index >= 15 is 0 Å². The molecule has 1 saturated carbocycles. The molecular weight excluding hydrogens is 743 g/mol. The number of esters is 2. The summed E-state index contributed by atoms with van der Waals surface area (Å²) in [5.41, 5.74) is 0. The van der Waals surface area contributed by atoms with E-state index in [0.717, 1.165) is 83.5 Å². The van der Waals surface area contributed by atoms with E-state index in [9.17, 15) is 44.6 Å². The summed E-state index contributed by atoms with van der Waals surface area (Å²) in [4.78, 5) is 35.5. The number of unbranched alkanes of at least 4 members (excludes halogenated alkanes) is 9. The van der Waals surface area contributed by atoms with Crippen LogP contribution in [-0.2, 0) is 32.7 Å². The average molecular weight is 813 g/mol. The number of hydrogen-bond acceptors (Lipinski definition) is 12. The lowest BCUT2D eigenvalue weighted by atomic mass is 9.85. The minimum atomic E-state index is -5.13. The van der Waals surface area contributed by atoms with Gasteiger partial charge in [-0.1, -0.05) is 119 Å². The molecule has 0 saturated heterocycles. The van der Waals surface area contributed by atoms with Crippen LogP contribution in [-0.4, -0.2) is 98.3 Å². The molecule has 1 rings (SSSR count). The van der Waals surface area contributed by atoms with Gasteiger partial charge in [0.2, 0.25) is 0 Å². The van der Waals surface area contributed by atoms with Crippen molar-refractivity contribution in [2.75, 3.05) is 13.2 Å². The van der Waals surface area contributed by atoms with Crippen LogP contribution in [0, 0.1) is 0 Å². The van der Waals surface area contributed by atoms with Gasteiger partial charge in [0.15, 0.2) is 6.10 Å². The van der Waals surface area contributed by atoms with E-state index in [1.165, 1.54) is 0 Å². The second-order valence-electron chi connectivity index (χ2n) is 13.8. The zero-order valence-corrected chi connectivity index (χ0v) is 34.3. The first-order valence-electron chi connectivity index (χ1n) is 20.3.